The Morgan fingerprint density at radius 3 is 1.47 bits per heavy atom. The molecule has 0 unspecified atom stereocenters. The maximum Gasteiger partial charge on any atom is 0.172 e. The molecule has 0 fully saturated rings. The van der Waals surface area contributed by atoms with Gasteiger partial charge in [-0.2, -0.15) is 0 Å². The molecule has 0 aromatic carbocycles. The van der Waals surface area contributed by atoms with Crippen LogP contribution in [0.15, 0.2) is 0 Å². The first-order valence-corrected chi connectivity index (χ1v) is 7.51. The van der Waals surface area contributed by atoms with Crippen LogP contribution in [0, 0.1) is 12.0 Å². The van der Waals surface area contributed by atoms with Gasteiger partial charge < -0.3 is 0 Å². The Morgan fingerprint density at radius 1 is 0.647 bits per heavy atom. The third-order valence-corrected chi connectivity index (χ3v) is 3.23. The lowest BCUT2D eigenvalue weighted by molar-refractivity contribution is 0.391. The highest BCUT2D eigenvalue weighted by molar-refractivity contribution is 4.88. The molecule has 0 saturated carbocycles. The van der Waals surface area contributed by atoms with Crippen molar-refractivity contribution in [3.63, 3.8) is 0 Å². The Labute approximate surface area is 108 Å². The van der Waals surface area contributed by atoms with Gasteiger partial charge in [-0.25, -0.2) is 5.11 Å². The Morgan fingerprint density at radius 2 is 1.06 bits per heavy atom. The molecule has 0 rings (SSSR count). The molecule has 0 aliphatic carbocycles. The summed E-state index contributed by atoms with van der Waals surface area (Å²) in [5, 5.41) is 9.87. The van der Waals surface area contributed by atoms with Crippen molar-refractivity contribution >= 4 is 0 Å². The molecule has 1 heteroatoms. The van der Waals surface area contributed by atoms with Gasteiger partial charge in [0.1, 0.15) is 0 Å². The van der Waals surface area contributed by atoms with Crippen LogP contribution in [0.5, 0.6) is 0 Å². The van der Waals surface area contributed by atoms with E-state index in [1.165, 1.54) is 70.6 Å². The van der Waals surface area contributed by atoms with E-state index in [0.29, 0.717) is 0 Å². The second-order valence-corrected chi connectivity index (χ2v) is 4.92. The van der Waals surface area contributed by atoms with E-state index in [-0.39, 0.29) is 0 Å². The number of hydrogen-bond donors (Lipinski definition) is 0. The van der Waals surface area contributed by atoms with Crippen molar-refractivity contribution in [2.45, 2.75) is 90.4 Å². The largest absolute Gasteiger partial charge is 0.224 e. The molecule has 0 atom stereocenters. The molecular formula is C16H29O. The highest BCUT2D eigenvalue weighted by Crippen LogP contribution is 2.12. The van der Waals surface area contributed by atoms with E-state index in [4.69, 9.17) is 0 Å². The van der Waals surface area contributed by atoms with Gasteiger partial charge in [0.2, 0.25) is 0 Å². The van der Waals surface area contributed by atoms with E-state index in [0.717, 1.165) is 12.8 Å². The van der Waals surface area contributed by atoms with Crippen LogP contribution in [0.2, 0.25) is 0 Å². The minimum Gasteiger partial charge on any atom is -0.224 e. The number of hydrogen-bond acceptors (Lipinski definition) is 0. The highest BCUT2D eigenvalue weighted by atomic mass is 16.2. The zero-order chi connectivity index (χ0) is 12.6. The average Bonchev–Trinajstić information content (AvgIpc) is 2.35. The van der Waals surface area contributed by atoms with Crippen LogP contribution in [0.1, 0.15) is 90.4 Å². The van der Waals surface area contributed by atoms with Crippen LogP contribution in [-0.4, -0.2) is 0 Å². The molecule has 0 aromatic heterocycles. The fraction of sp³-hybridized carbons (Fsp3) is 0.875. The van der Waals surface area contributed by atoms with E-state index in [1.807, 2.05) is 0 Å². The lowest BCUT2D eigenvalue weighted by atomic mass is 10.0. The summed E-state index contributed by atoms with van der Waals surface area (Å²) in [6.07, 6.45) is 18.8. The first-order chi connectivity index (χ1) is 8.41. The summed E-state index contributed by atoms with van der Waals surface area (Å²) in [7, 11) is 0. The molecule has 0 N–H and O–H groups in total. The first-order valence-electron chi connectivity index (χ1n) is 7.51. The van der Waals surface area contributed by atoms with Gasteiger partial charge in [-0.1, -0.05) is 83.5 Å². The van der Waals surface area contributed by atoms with E-state index < -0.39 is 0 Å². The highest BCUT2D eigenvalue weighted by Gasteiger charge is 1.92. The van der Waals surface area contributed by atoms with Gasteiger partial charge in [-0.15, -0.1) is 0 Å². The third kappa shape index (κ3) is 15.4. The molecule has 0 spiro atoms. The van der Waals surface area contributed by atoms with Gasteiger partial charge in [0.25, 0.3) is 0 Å². The lowest BCUT2D eigenvalue weighted by Gasteiger charge is -2.01. The van der Waals surface area contributed by atoms with Crippen molar-refractivity contribution in [1.82, 2.24) is 0 Å². The summed E-state index contributed by atoms with van der Waals surface area (Å²) in [6, 6.07) is 0. The third-order valence-electron chi connectivity index (χ3n) is 3.23. The Bertz CT molecular complexity index is 187. The smallest absolute Gasteiger partial charge is 0.172 e. The van der Waals surface area contributed by atoms with Gasteiger partial charge in [0, 0.05) is 6.42 Å². The monoisotopic (exact) mass is 237 g/mol. The SMILES string of the molecule is CCCCCCCCCCCCCCC#C[O]. The summed E-state index contributed by atoms with van der Waals surface area (Å²) in [6.45, 7) is 2.27. The van der Waals surface area contributed by atoms with Crippen molar-refractivity contribution in [2.75, 3.05) is 0 Å². The fourth-order valence-corrected chi connectivity index (χ4v) is 2.11. The molecule has 0 aliphatic rings. The normalized spacial score (nSPS) is 9.94. The second-order valence-electron chi connectivity index (χ2n) is 4.92. The molecule has 0 saturated heterocycles. The van der Waals surface area contributed by atoms with Crippen molar-refractivity contribution in [3.8, 4) is 12.0 Å². The summed E-state index contributed by atoms with van der Waals surface area (Å²) in [5.41, 5.74) is 0. The molecule has 99 valence electrons. The van der Waals surface area contributed by atoms with Crippen molar-refractivity contribution in [1.29, 1.82) is 0 Å². The maximum absolute atomic E-state index is 9.87. The standard InChI is InChI=1S/C16H29O/c1-2-3-4-5-6-7-8-9-10-11-12-13-14-15-16-17/h2-14H2,1H3. The maximum atomic E-state index is 9.87. The minimum atomic E-state index is 0.793. The zero-order valence-corrected chi connectivity index (χ0v) is 11.6. The Kier molecular flexibility index (Phi) is 14.8. The summed E-state index contributed by atoms with van der Waals surface area (Å²) in [4.78, 5) is 0. The topological polar surface area (TPSA) is 19.9 Å². The molecule has 0 aromatic rings. The zero-order valence-electron chi connectivity index (χ0n) is 11.6. The molecule has 1 radical (unpaired) electrons. The number of rotatable bonds is 12. The van der Waals surface area contributed by atoms with Crippen molar-refractivity contribution in [2.24, 2.45) is 0 Å². The van der Waals surface area contributed by atoms with Crippen molar-refractivity contribution < 1.29 is 5.11 Å². The summed E-state index contributed by atoms with van der Waals surface area (Å²) < 4.78 is 0. The summed E-state index contributed by atoms with van der Waals surface area (Å²) in [5.74, 6) is 2.58. The molecule has 0 heterocycles. The average molecular weight is 237 g/mol. The molecular weight excluding hydrogens is 208 g/mol. The predicted octanol–water partition coefficient (Wildman–Crippen LogP) is 5.47. The van der Waals surface area contributed by atoms with Gasteiger partial charge >= 0.3 is 0 Å². The van der Waals surface area contributed by atoms with E-state index in [2.05, 4.69) is 12.8 Å². The van der Waals surface area contributed by atoms with Gasteiger partial charge in [-0.3, -0.25) is 0 Å². The molecule has 0 amide bonds. The van der Waals surface area contributed by atoms with Crippen LogP contribution in [0.4, 0.5) is 0 Å². The van der Waals surface area contributed by atoms with Gasteiger partial charge in [0.15, 0.2) is 6.11 Å². The lowest BCUT2D eigenvalue weighted by Crippen LogP contribution is -1.82. The Hall–Kier alpha value is -0.640. The molecule has 0 bridgehead atoms. The van der Waals surface area contributed by atoms with Crippen LogP contribution in [0.25, 0.3) is 0 Å². The summed E-state index contributed by atoms with van der Waals surface area (Å²) >= 11 is 0. The second kappa shape index (κ2) is 15.4. The van der Waals surface area contributed by atoms with Crippen molar-refractivity contribution in [3.05, 3.63) is 0 Å². The van der Waals surface area contributed by atoms with Crippen LogP contribution >= 0.6 is 0 Å². The van der Waals surface area contributed by atoms with E-state index >= 15 is 0 Å². The number of unbranched alkanes of at least 4 members (excludes halogenated alkanes) is 12. The Balaban J connectivity index is 2.91. The van der Waals surface area contributed by atoms with Crippen LogP contribution in [-0.2, 0) is 5.11 Å². The van der Waals surface area contributed by atoms with Crippen LogP contribution in [0.3, 0.4) is 0 Å². The van der Waals surface area contributed by atoms with E-state index in [9.17, 15) is 5.11 Å². The molecule has 0 aliphatic heterocycles. The first kappa shape index (κ1) is 16.4. The quantitative estimate of drug-likeness (QED) is 0.317. The van der Waals surface area contributed by atoms with Crippen LogP contribution < -0.4 is 0 Å². The predicted molar refractivity (Wildman–Crippen MR) is 74.2 cm³/mol. The fourth-order valence-electron chi connectivity index (χ4n) is 2.11. The van der Waals surface area contributed by atoms with E-state index in [1.54, 1.807) is 6.11 Å². The minimum absolute atomic E-state index is 0.793. The molecule has 17 heavy (non-hydrogen) atoms. The van der Waals surface area contributed by atoms with Gasteiger partial charge in [0.05, 0.1) is 0 Å². The van der Waals surface area contributed by atoms with Gasteiger partial charge in [-0.05, 0) is 6.42 Å². The molecule has 1 nitrogen and oxygen atoms in total.